The number of ether oxygens (including phenoxy) is 1. The van der Waals surface area contributed by atoms with Crippen molar-refractivity contribution in [2.24, 2.45) is 0 Å². The van der Waals surface area contributed by atoms with Crippen molar-refractivity contribution in [2.75, 3.05) is 13.2 Å². The monoisotopic (exact) mass is 209 g/mol. The third-order valence-corrected chi connectivity index (χ3v) is 2.01. The molecule has 1 N–H and O–H groups in total. The molecule has 0 radical (unpaired) electrons. The summed E-state index contributed by atoms with van der Waals surface area (Å²) in [5.41, 5.74) is 0.979. The van der Waals surface area contributed by atoms with Crippen LogP contribution in [0.3, 0.4) is 0 Å². The number of nitrogens with one attached hydrogen (secondary N) is 1. The summed E-state index contributed by atoms with van der Waals surface area (Å²) in [6.45, 7) is 7.67. The van der Waals surface area contributed by atoms with Gasteiger partial charge in [-0.25, -0.2) is 9.97 Å². The first-order valence-corrected chi connectivity index (χ1v) is 5.35. The maximum atomic E-state index is 5.59. The Kier molecular flexibility index (Phi) is 5.21. The minimum absolute atomic E-state index is 0.153. The summed E-state index contributed by atoms with van der Waals surface area (Å²) < 4.78 is 5.59. The minimum atomic E-state index is 0.153. The van der Waals surface area contributed by atoms with Crippen molar-refractivity contribution in [1.82, 2.24) is 15.3 Å². The quantitative estimate of drug-likeness (QED) is 0.772. The van der Waals surface area contributed by atoms with Gasteiger partial charge in [-0.15, -0.1) is 0 Å². The normalized spacial score (nSPS) is 13.1. The fraction of sp³-hybridized carbons (Fsp3) is 0.636. The van der Waals surface area contributed by atoms with Gasteiger partial charge in [0.05, 0.1) is 24.4 Å². The maximum absolute atomic E-state index is 5.59. The third kappa shape index (κ3) is 4.36. The second-order valence-corrected chi connectivity index (χ2v) is 3.63. The Hall–Kier alpha value is -1.00. The molecule has 0 aliphatic heterocycles. The van der Waals surface area contributed by atoms with Gasteiger partial charge in [-0.05, 0) is 26.5 Å². The van der Waals surface area contributed by atoms with Crippen LogP contribution in [0.25, 0.3) is 0 Å². The highest BCUT2D eigenvalue weighted by Gasteiger charge is 2.11. The Morgan fingerprint density at radius 1 is 1.47 bits per heavy atom. The van der Waals surface area contributed by atoms with Crippen LogP contribution in [0.4, 0.5) is 0 Å². The van der Waals surface area contributed by atoms with Gasteiger partial charge in [0.1, 0.15) is 6.33 Å². The first-order valence-electron chi connectivity index (χ1n) is 5.35. The number of rotatable bonds is 6. The number of likely N-dealkylation sites (N-methyl/N-ethyl adjacent to an activating group) is 1. The molecule has 0 fully saturated rings. The van der Waals surface area contributed by atoms with Gasteiger partial charge in [-0.1, -0.05) is 6.92 Å². The fourth-order valence-electron chi connectivity index (χ4n) is 1.29. The van der Waals surface area contributed by atoms with Crippen LogP contribution in [0.5, 0.6) is 0 Å². The number of hydrogen-bond donors (Lipinski definition) is 1. The summed E-state index contributed by atoms with van der Waals surface area (Å²) in [5.74, 6) is 0. The molecule has 0 saturated heterocycles. The molecular formula is C11H19N3O. The van der Waals surface area contributed by atoms with E-state index >= 15 is 0 Å². The van der Waals surface area contributed by atoms with Gasteiger partial charge in [0, 0.05) is 6.20 Å². The Labute approximate surface area is 91.1 Å². The van der Waals surface area contributed by atoms with Crippen LogP contribution < -0.4 is 5.32 Å². The van der Waals surface area contributed by atoms with E-state index in [2.05, 4.69) is 22.2 Å². The molecule has 4 nitrogen and oxygen atoms in total. The molecule has 0 aromatic carbocycles. The molecule has 84 valence electrons. The van der Waals surface area contributed by atoms with Crippen LogP contribution in [-0.4, -0.2) is 29.2 Å². The Morgan fingerprint density at radius 3 is 2.80 bits per heavy atom. The molecule has 1 heterocycles. The average molecular weight is 209 g/mol. The second-order valence-electron chi connectivity index (χ2n) is 3.63. The Balaban J connectivity index is 2.57. The Morgan fingerprint density at radius 2 is 2.27 bits per heavy atom. The van der Waals surface area contributed by atoms with E-state index in [-0.39, 0.29) is 12.1 Å². The van der Waals surface area contributed by atoms with E-state index < -0.39 is 0 Å². The highest BCUT2D eigenvalue weighted by molar-refractivity contribution is 5.04. The molecule has 1 rings (SSSR count). The first-order chi connectivity index (χ1) is 7.24. The summed E-state index contributed by atoms with van der Waals surface area (Å²) in [6, 6.07) is 2.07. The number of nitrogens with zero attached hydrogens (tertiary/aromatic N) is 2. The predicted octanol–water partition coefficient (Wildman–Crippen LogP) is 1.55. The lowest BCUT2D eigenvalue weighted by molar-refractivity contribution is 0.0606. The van der Waals surface area contributed by atoms with Crippen LogP contribution >= 0.6 is 0 Å². The summed E-state index contributed by atoms with van der Waals surface area (Å²) in [5, 5.41) is 3.34. The van der Waals surface area contributed by atoms with Crippen LogP contribution in [0, 0.1) is 0 Å². The number of aromatic nitrogens is 2. The van der Waals surface area contributed by atoms with E-state index in [0.717, 1.165) is 12.2 Å². The van der Waals surface area contributed by atoms with Gasteiger partial charge in [-0.3, -0.25) is 0 Å². The lowest BCUT2D eigenvalue weighted by atomic mass is 10.2. The van der Waals surface area contributed by atoms with Crippen molar-refractivity contribution in [3.8, 4) is 0 Å². The summed E-state index contributed by atoms with van der Waals surface area (Å²) in [7, 11) is 0. The smallest absolute Gasteiger partial charge is 0.115 e. The van der Waals surface area contributed by atoms with Crippen molar-refractivity contribution in [2.45, 2.75) is 32.9 Å². The van der Waals surface area contributed by atoms with E-state index in [4.69, 9.17) is 4.74 Å². The van der Waals surface area contributed by atoms with Gasteiger partial charge in [0.2, 0.25) is 0 Å². The molecule has 1 aromatic heterocycles. The topological polar surface area (TPSA) is 47.0 Å². The van der Waals surface area contributed by atoms with Crippen molar-refractivity contribution >= 4 is 0 Å². The van der Waals surface area contributed by atoms with Crippen molar-refractivity contribution < 1.29 is 4.74 Å². The van der Waals surface area contributed by atoms with Gasteiger partial charge in [0.25, 0.3) is 0 Å². The lowest BCUT2D eigenvalue weighted by Crippen LogP contribution is -2.27. The average Bonchev–Trinajstić information content (AvgIpc) is 2.25. The van der Waals surface area contributed by atoms with Crippen LogP contribution in [0.2, 0.25) is 0 Å². The van der Waals surface area contributed by atoms with Gasteiger partial charge < -0.3 is 10.1 Å². The minimum Gasteiger partial charge on any atom is -0.377 e. The van der Waals surface area contributed by atoms with Crippen LogP contribution in [0.1, 0.15) is 32.5 Å². The largest absolute Gasteiger partial charge is 0.377 e. The molecule has 0 aliphatic carbocycles. The highest BCUT2D eigenvalue weighted by atomic mass is 16.5. The van der Waals surface area contributed by atoms with E-state index in [1.807, 2.05) is 19.9 Å². The van der Waals surface area contributed by atoms with Crippen molar-refractivity contribution in [1.29, 1.82) is 0 Å². The zero-order valence-corrected chi connectivity index (χ0v) is 9.60. The van der Waals surface area contributed by atoms with Crippen molar-refractivity contribution in [3.63, 3.8) is 0 Å². The molecule has 15 heavy (non-hydrogen) atoms. The SMILES string of the molecule is CCNC(COC(C)C)c1ccncn1. The molecule has 1 atom stereocenters. The maximum Gasteiger partial charge on any atom is 0.115 e. The molecule has 1 aromatic rings. The molecule has 0 spiro atoms. The van der Waals surface area contributed by atoms with Gasteiger partial charge >= 0.3 is 0 Å². The van der Waals surface area contributed by atoms with Gasteiger partial charge in [0.15, 0.2) is 0 Å². The Bertz CT molecular complexity index is 264. The lowest BCUT2D eigenvalue weighted by Gasteiger charge is -2.18. The van der Waals surface area contributed by atoms with E-state index in [1.165, 1.54) is 0 Å². The van der Waals surface area contributed by atoms with E-state index in [9.17, 15) is 0 Å². The summed E-state index contributed by atoms with van der Waals surface area (Å²) >= 11 is 0. The van der Waals surface area contributed by atoms with Gasteiger partial charge in [-0.2, -0.15) is 0 Å². The zero-order valence-electron chi connectivity index (χ0n) is 9.60. The van der Waals surface area contributed by atoms with Crippen molar-refractivity contribution in [3.05, 3.63) is 24.3 Å². The molecular weight excluding hydrogens is 190 g/mol. The molecule has 0 saturated carbocycles. The summed E-state index contributed by atoms with van der Waals surface area (Å²) in [6.07, 6.45) is 3.56. The first kappa shape index (κ1) is 12.1. The zero-order chi connectivity index (χ0) is 11.1. The number of hydrogen-bond acceptors (Lipinski definition) is 4. The standard InChI is InChI=1S/C11H19N3O/c1-4-13-11(7-15-9(2)3)10-5-6-12-8-14-10/h5-6,8-9,11,13H,4,7H2,1-3H3. The van der Waals surface area contributed by atoms with E-state index in [0.29, 0.717) is 6.61 Å². The third-order valence-electron chi connectivity index (χ3n) is 2.01. The molecule has 1 unspecified atom stereocenters. The molecule has 0 amide bonds. The molecule has 0 aliphatic rings. The van der Waals surface area contributed by atoms with Crippen LogP contribution in [0.15, 0.2) is 18.6 Å². The molecule has 0 bridgehead atoms. The predicted molar refractivity (Wildman–Crippen MR) is 59.5 cm³/mol. The van der Waals surface area contributed by atoms with Crippen LogP contribution in [-0.2, 0) is 4.74 Å². The summed E-state index contributed by atoms with van der Waals surface area (Å²) in [4.78, 5) is 8.13. The second kappa shape index (κ2) is 6.48. The van der Waals surface area contributed by atoms with E-state index in [1.54, 1.807) is 12.5 Å². The highest BCUT2D eigenvalue weighted by Crippen LogP contribution is 2.09. The fourth-order valence-corrected chi connectivity index (χ4v) is 1.29. The molecule has 4 heteroatoms.